The quantitative estimate of drug-likeness (QED) is 0.499. The molecule has 4 heteroatoms. The lowest BCUT2D eigenvalue weighted by Gasteiger charge is -2.45. The van der Waals surface area contributed by atoms with E-state index in [-0.39, 0.29) is 23.2 Å². The molecule has 0 bridgehead atoms. The normalized spacial score (nSPS) is 21.7. The van der Waals surface area contributed by atoms with Gasteiger partial charge in [-0.2, -0.15) is 0 Å². The Morgan fingerprint density at radius 3 is 2.43 bits per heavy atom. The monoisotopic (exact) mass is 429 g/mol. The van der Waals surface area contributed by atoms with Crippen molar-refractivity contribution >= 4 is 13.9 Å². The van der Waals surface area contributed by atoms with E-state index in [1.807, 2.05) is 0 Å². The highest BCUT2D eigenvalue weighted by Crippen LogP contribution is 2.50. The van der Waals surface area contributed by atoms with Gasteiger partial charge in [-0.3, -0.25) is 4.98 Å². The molecule has 3 nitrogen and oxygen atoms in total. The summed E-state index contributed by atoms with van der Waals surface area (Å²) in [4.78, 5) is 5.20. The molecule has 0 saturated heterocycles. The molecule has 0 aromatic carbocycles. The largest absolute Gasteiger partial charge is 0.410 e. The zero-order chi connectivity index (χ0) is 22.5. The third-order valence-electron chi connectivity index (χ3n) is 7.46. The minimum Gasteiger partial charge on any atom is -0.410 e. The van der Waals surface area contributed by atoms with Crippen molar-refractivity contribution in [3.63, 3.8) is 0 Å². The smallest absolute Gasteiger partial charge is 0.192 e. The van der Waals surface area contributed by atoms with E-state index in [1.54, 1.807) is 0 Å². The van der Waals surface area contributed by atoms with Crippen LogP contribution in [0, 0.1) is 5.41 Å². The molecule has 0 fully saturated rings. The lowest BCUT2D eigenvalue weighted by Crippen LogP contribution is -2.44. The van der Waals surface area contributed by atoms with Gasteiger partial charge in [0.15, 0.2) is 8.32 Å². The van der Waals surface area contributed by atoms with E-state index in [1.165, 1.54) is 28.8 Å². The van der Waals surface area contributed by atoms with Crippen molar-refractivity contribution in [1.82, 2.24) is 4.98 Å². The number of fused-ring (bicyclic) bond motifs is 1. The fourth-order valence-electron chi connectivity index (χ4n) is 4.85. The third-order valence-corrected chi connectivity index (χ3v) is 11.9. The zero-order valence-electron chi connectivity index (χ0n) is 20.8. The maximum Gasteiger partial charge on any atom is 0.192 e. The van der Waals surface area contributed by atoms with Crippen LogP contribution in [0.4, 0.5) is 0 Å². The van der Waals surface area contributed by atoms with E-state index >= 15 is 0 Å². The van der Waals surface area contributed by atoms with Gasteiger partial charge in [0, 0.05) is 22.5 Å². The first-order valence-electron chi connectivity index (χ1n) is 11.8. The van der Waals surface area contributed by atoms with Gasteiger partial charge in [0.2, 0.25) is 0 Å². The second kappa shape index (κ2) is 8.18. The molecule has 1 atom stereocenters. The molecule has 1 N–H and O–H groups in total. The molecule has 0 saturated carbocycles. The molecule has 30 heavy (non-hydrogen) atoms. The van der Waals surface area contributed by atoms with Crippen LogP contribution in [0.1, 0.15) is 114 Å². The minimum atomic E-state index is -1.96. The number of rotatable bonds is 5. The lowest BCUT2D eigenvalue weighted by molar-refractivity contribution is 0.105. The van der Waals surface area contributed by atoms with Gasteiger partial charge in [0.1, 0.15) is 0 Å². The summed E-state index contributed by atoms with van der Waals surface area (Å²) in [6.07, 6.45) is 7.87. The van der Waals surface area contributed by atoms with Gasteiger partial charge in [-0.25, -0.2) is 0 Å². The van der Waals surface area contributed by atoms with Crippen molar-refractivity contribution < 1.29 is 9.53 Å². The Morgan fingerprint density at radius 2 is 1.93 bits per heavy atom. The number of allylic oxidation sites excluding steroid dienone is 2. The highest BCUT2D eigenvalue weighted by molar-refractivity contribution is 6.74. The summed E-state index contributed by atoms with van der Waals surface area (Å²) in [6.45, 7) is 20.8. The summed E-state index contributed by atoms with van der Waals surface area (Å²) in [5.41, 5.74) is 7.46. The highest BCUT2D eigenvalue weighted by atomic mass is 28.4. The van der Waals surface area contributed by atoms with E-state index in [0.29, 0.717) is 5.92 Å². The first kappa shape index (κ1) is 23.7. The van der Waals surface area contributed by atoms with Gasteiger partial charge in [0.25, 0.3) is 0 Å². The minimum absolute atomic E-state index is 0.0523. The van der Waals surface area contributed by atoms with E-state index in [0.717, 1.165) is 36.9 Å². The van der Waals surface area contributed by atoms with Crippen LogP contribution in [0.5, 0.6) is 0 Å². The molecule has 0 aliphatic heterocycles. The highest BCUT2D eigenvalue weighted by Gasteiger charge is 2.44. The van der Waals surface area contributed by atoms with Crippen LogP contribution >= 0.6 is 0 Å². The number of aliphatic hydroxyl groups is 1. The first-order valence-corrected chi connectivity index (χ1v) is 14.7. The number of pyridine rings is 1. The fourth-order valence-corrected chi connectivity index (χ4v) is 6.12. The van der Waals surface area contributed by atoms with Crippen LogP contribution in [0.15, 0.2) is 6.08 Å². The van der Waals surface area contributed by atoms with Gasteiger partial charge >= 0.3 is 0 Å². The molecule has 2 aliphatic carbocycles. The molecule has 1 heterocycles. The Hall–Kier alpha value is -0.973. The lowest BCUT2D eigenvalue weighted by atomic mass is 9.72. The predicted molar refractivity (Wildman–Crippen MR) is 129 cm³/mol. The average Bonchev–Trinajstić information content (AvgIpc) is 3.11. The fraction of sp³-hybridized carbons (Fsp3) is 0.731. The van der Waals surface area contributed by atoms with Crippen LogP contribution in [0.3, 0.4) is 0 Å². The Morgan fingerprint density at radius 1 is 1.27 bits per heavy atom. The van der Waals surface area contributed by atoms with Gasteiger partial charge < -0.3 is 9.53 Å². The van der Waals surface area contributed by atoms with Crippen molar-refractivity contribution in [2.24, 2.45) is 5.41 Å². The van der Waals surface area contributed by atoms with Crippen LogP contribution in [-0.2, 0) is 17.5 Å². The Labute approximate surface area is 185 Å². The zero-order valence-corrected chi connectivity index (χ0v) is 21.8. The van der Waals surface area contributed by atoms with E-state index in [2.05, 4.69) is 67.6 Å². The molecule has 1 aromatic rings. The Kier molecular flexibility index (Phi) is 6.46. The van der Waals surface area contributed by atoms with Crippen LogP contribution in [0.2, 0.25) is 18.1 Å². The van der Waals surface area contributed by atoms with E-state index in [4.69, 9.17) is 9.41 Å². The van der Waals surface area contributed by atoms with Crippen molar-refractivity contribution in [2.75, 3.05) is 0 Å². The number of aromatic nitrogens is 1. The molecule has 0 spiro atoms. The van der Waals surface area contributed by atoms with Gasteiger partial charge in [-0.15, -0.1) is 0 Å². The third kappa shape index (κ3) is 4.47. The van der Waals surface area contributed by atoms with Crippen molar-refractivity contribution in [1.29, 1.82) is 0 Å². The molecular weight excluding hydrogens is 386 g/mol. The molecule has 1 aromatic heterocycles. The van der Waals surface area contributed by atoms with Crippen molar-refractivity contribution in [3.8, 4) is 0 Å². The number of hydrogen-bond acceptors (Lipinski definition) is 3. The first-order chi connectivity index (χ1) is 13.8. The molecular formula is C26H43NO2Si. The molecule has 0 unspecified atom stereocenters. The molecule has 3 rings (SSSR count). The summed E-state index contributed by atoms with van der Waals surface area (Å²) in [7, 11) is -1.96. The summed E-state index contributed by atoms with van der Waals surface area (Å²) < 4.78 is 7.10. The second-order valence-corrected chi connectivity index (χ2v) is 16.8. The number of aliphatic hydroxyl groups excluding tert-OH is 1. The standard InChI is InChI=1S/C26H43NO2Si/c1-17(2)24-19(16-28)22(18-12-10-11-13-18)23-20(27-24)14-26(6,7)15-21(23)29-30(8,9)25(3,4)5/h12,17,21,28H,10-11,13-16H2,1-9H3/t21-/m0/s1. The van der Waals surface area contributed by atoms with Crippen LogP contribution < -0.4 is 0 Å². The van der Waals surface area contributed by atoms with Crippen molar-refractivity contribution in [2.45, 2.75) is 117 Å². The SMILES string of the molecule is CC(C)c1nc2c(c(C3=CCCC3)c1CO)[C@@H](O[Si](C)(C)C(C)(C)C)CC(C)(C)C2. The Bertz CT molecular complexity index is 830. The maximum atomic E-state index is 10.5. The average molecular weight is 430 g/mol. The van der Waals surface area contributed by atoms with Gasteiger partial charge in [0.05, 0.1) is 12.7 Å². The topological polar surface area (TPSA) is 42.4 Å². The summed E-state index contributed by atoms with van der Waals surface area (Å²) in [6, 6.07) is 0. The molecule has 0 radical (unpaired) electrons. The van der Waals surface area contributed by atoms with E-state index in [9.17, 15) is 5.11 Å². The summed E-state index contributed by atoms with van der Waals surface area (Å²) >= 11 is 0. The number of hydrogen-bond donors (Lipinski definition) is 1. The predicted octanol–water partition coefficient (Wildman–Crippen LogP) is 7.30. The van der Waals surface area contributed by atoms with Gasteiger partial charge in [-0.05, 0) is 72.7 Å². The summed E-state index contributed by atoms with van der Waals surface area (Å²) in [5.74, 6) is 0.294. The van der Waals surface area contributed by atoms with Crippen molar-refractivity contribution in [3.05, 3.63) is 34.2 Å². The molecule has 168 valence electrons. The van der Waals surface area contributed by atoms with Gasteiger partial charge in [-0.1, -0.05) is 54.5 Å². The number of nitrogens with zero attached hydrogens (tertiary/aromatic N) is 1. The van der Waals surface area contributed by atoms with Crippen LogP contribution in [-0.4, -0.2) is 18.4 Å². The Balaban J connectivity index is 2.26. The molecule has 0 amide bonds. The van der Waals surface area contributed by atoms with Crippen LogP contribution in [0.25, 0.3) is 5.57 Å². The second-order valence-electron chi connectivity index (χ2n) is 12.1. The maximum absolute atomic E-state index is 10.5. The summed E-state index contributed by atoms with van der Waals surface area (Å²) in [5, 5.41) is 10.6. The molecule has 2 aliphatic rings. The van der Waals surface area contributed by atoms with E-state index < -0.39 is 8.32 Å².